The molecule has 0 unspecified atom stereocenters. The van der Waals surface area contributed by atoms with E-state index >= 15 is 0 Å². The normalized spacial score (nSPS) is 29.5. The van der Waals surface area contributed by atoms with Gasteiger partial charge in [0.25, 0.3) is 0 Å². The highest BCUT2D eigenvalue weighted by Gasteiger charge is 2.36. The lowest BCUT2D eigenvalue weighted by molar-refractivity contribution is 0.494. The summed E-state index contributed by atoms with van der Waals surface area (Å²) in [5.41, 5.74) is 0. The molecule has 0 bridgehead atoms. The quantitative estimate of drug-likeness (QED) is 0.685. The lowest BCUT2D eigenvalue weighted by atomic mass is 10.0. The van der Waals surface area contributed by atoms with E-state index in [1.807, 2.05) is 6.07 Å². The van der Waals surface area contributed by atoms with E-state index < -0.39 is 0 Å². The number of rotatable bonds is 1. The van der Waals surface area contributed by atoms with Crippen molar-refractivity contribution in [2.24, 2.45) is 11.8 Å². The predicted molar refractivity (Wildman–Crippen MR) is 60.1 cm³/mol. The lowest BCUT2D eigenvalue weighted by Gasteiger charge is -2.17. The van der Waals surface area contributed by atoms with Gasteiger partial charge in [-0.05, 0) is 42.3 Å². The Labute approximate surface area is 94.5 Å². The molecule has 2 fully saturated rings. The maximum absolute atomic E-state index is 5.80. The Morgan fingerprint density at radius 1 is 1.27 bits per heavy atom. The van der Waals surface area contributed by atoms with Gasteiger partial charge in [-0.3, -0.25) is 0 Å². The highest BCUT2D eigenvalue weighted by atomic mass is 35.5. The summed E-state index contributed by atoms with van der Waals surface area (Å²) in [7, 11) is 0. The largest absolute Gasteiger partial charge is 0.356 e. The van der Waals surface area contributed by atoms with Crippen LogP contribution in [0, 0.1) is 11.8 Å². The molecule has 2 aliphatic rings. The first-order chi connectivity index (χ1) is 7.33. The van der Waals surface area contributed by atoms with Crippen molar-refractivity contribution in [2.75, 3.05) is 18.0 Å². The number of fused-ring (bicyclic) bond motifs is 1. The second kappa shape index (κ2) is 3.63. The molecule has 1 aliphatic carbocycles. The van der Waals surface area contributed by atoms with Gasteiger partial charge in [-0.2, -0.15) is 0 Å². The molecule has 1 aromatic heterocycles. The third kappa shape index (κ3) is 1.69. The van der Waals surface area contributed by atoms with Gasteiger partial charge >= 0.3 is 0 Å². The maximum atomic E-state index is 5.80. The molecule has 1 aliphatic heterocycles. The van der Waals surface area contributed by atoms with Gasteiger partial charge in [0.1, 0.15) is 5.82 Å². The fourth-order valence-corrected chi connectivity index (χ4v) is 3.07. The summed E-state index contributed by atoms with van der Waals surface area (Å²) in [6.07, 6.45) is 5.92. The minimum atomic E-state index is 0.351. The molecule has 2 atom stereocenters. The minimum Gasteiger partial charge on any atom is -0.356 e. The van der Waals surface area contributed by atoms with E-state index in [1.165, 1.54) is 19.3 Å². The fraction of sp³-hybridized carbons (Fsp3) is 0.636. The van der Waals surface area contributed by atoms with Crippen LogP contribution < -0.4 is 4.90 Å². The average Bonchev–Trinajstić information content (AvgIpc) is 2.76. The number of halogens is 1. The summed E-state index contributed by atoms with van der Waals surface area (Å²) in [5.74, 6) is 2.77. The van der Waals surface area contributed by atoms with E-state index in [9.17, 15) is 0 Å². The summed E-state index contributed by atoms with van der Waals surface area (Å²) < 4.78 is 0. The Bertz CT molecular complexity index is 357. The molecule has 1 aromatic rings. The van der Waals surface area contributed by atoms with Gasteiger partial charge in [0.2, 0.25) is 5.28 Å². The summed E-state index contributed by atoms with van der Waals surface area (Å²) in [6, 6.07) is 1.95. The number of aromatic nitrogens is 2. The van der Waals surface area contributed by atoms with Crippen molar-refractivity contribution in [1.82, 2.24) is 9.97 Å². The predicted octanol–water partition coefficient (Wildman–Crippen LogP) is 2.37. The van der Waals surface area contributed by atoms with E-state index in [0.717, 1.165) is 30.7 Å². The molecule has 3 rings (SSSR count). The van der Waals surface area contributed by atoms with Gasteiger partial charge in [0.15, 0.2) is 0 Å². The van der Waals surface area contributed by atoms with Crippen molar-refractivity contribution in [1.29, 1.82) is 0 Å². The van der Waals surface area contributed by atoms with Gasteiger partial charge in [0, 0.05) is 19.3 Å². The molecule has 2 heterocycles. The third-order valence-electron chi connectivity index (χ3n) is 3.66. The van der Waals surface area contributed by atoms with Crippen molar-refractivity contribution >= 4 is 17.4 Å². The summed E-state index contributed by atoms with van der Waals surface area (Å²) in [4.78, 5) is 10.5. The first kappa shape index (κ1) is 9.40. The smallest absolute Gasteiger partial charge is 0.224 e. The molecule has 3 nitrogen and oxygen atoms in total. The maximum Gasteiger partial charge on any atom is 0.224 e. The van der Waals surface area contributed by atoms with Crippen LogP contribution in [-0.2, 0) is 0 Å². The van der Waals surface area contributed by atoms with Gasteiger partial charge < -0.3 is 4.90 Å². The molecule has 0 radical (unpaired) electrons. The van der Waals surface area contributed by atoms with Crippen molar-refractivity contribution in [2.45, 2.75) is 19.3 Å². The van der Waals surface area contributed by atoms with Crippen LogP contribution in [0.2, 0.25) is 5.28 Å². The molecule has 0 aromatic carbocycles. The number of hydrogen-bond acceptors (Lipinski definition) is 3. The second-order valence-corrected chi connectivity index (χ2v) is 4.88. The lowest BCUT2D eigenvalue weighted by Crippen LogP contribution is -2.21. The SMILES string of the molecule is Clc1nccc(N2C[C@H]3CCC[C@H]3C2)n1. The Kier molecular flexibility index (Phi) is 2.28. The summed E-state index contributed by atoms with van der Waals surface area (Å²) in [6.45, 7) is 2.30. The zero-order valence-electron chi connectivity index (χ0n) is 8.56. The molecule has 0 amide bonds. The zero-order chi connectivity index (χ0) is 10.3. The molecule has 4 heteroatoms. The molecule has 1 saturated heterocycles. The minimum absolute atomic E-state index is 0.351. The molecular formula is C11H14ClN3. The van der Waals surface area contributed by atoms with Gasteiger partial charge in [-0.1, -0.05) is 6.42 Å². The Morgan fingerprint density at radius 3 is 2.67 bits per heavy atom. The molecule has 80 valence electrons. The van der Waals surface area contributed by atoms with Crippen LogP contribution in [0.3, 0.4) is 0 Å². The Hall–Kier alpha value is -0.830. The van der Waals surface area contributed by atoms with Crippen LogP contribution in [0.5, 0.6) is 0 Å². The number of nitrogens with zero attached hydrogens (tertiary/aromatic N) is 3. The summed E-state index contributed by atoms with van der Waals surface area (Å²) in [5, 5.41) is 0.351. The van der Waals surface area contributed by atoms with Crippen molar-refractivity contribution in [3.8, 4) is 0 Å². The summed E-state index contributed by atoms with van der Waals surface area (Å²) >= 11 is 5.80. The highest BCUT2D eigenvalue weighted by Crippen LogP contribution is 2.39. The number of anilines is 1. The van der Waals surface area contributed by atoms with E-state index in [2.05, 4.69) is 14.9 Å². The van der Waals surface area contributed by atoms with Crippen LogP contribution in [0.15, 0.2) is 12.3 Å². The second-order valence-electron chi connectivity index (χ2n) is 4.54. The van der Waals surface area contributed by atoms with E-state index in [1.54, 1.807) is 6.20 Å². The van der Waals surface area contributed by atoms with Crippen LogP contribution in [0.4, 0.5) is 5.82 Å². The van der Waals surface area contributed by atoms with Gasteiger partial charge in [-0.25, -0.2) is 9.97 Å². The van der Waals surface area contributed by atoms with E-state index in [0.29, 0.717) is 5.28 Å². The van der Waals surface area contributed by atoms with Gasteiger partial charge in [0.05, 0.1) is 0 Å². The Morgan fingerprint density at radius 2 is 2.00 bits per heavy atom. The molecule has 0 spiro atoms. The number of hydrogen-bond donors (Lipinski definition) is 0. The highest BCUT2D eigenvalue weighted by molar-refractivity contribution is 6.28. The van der Waals surface area contributed by atoms with Crippen LogP contribution in [0.25, 0.3) is 0 Å². The monoisotopic (exact) mass is 223 g/mol. The first-order valence-electron chi connectivity index (χ1n) is 5.56. The van der Waals surface area contributed by atoms with Crippen LogP contribution in [-0.4, -0.2) is 23.1 Å². The van der Waals surface area contributed by atoms with Crippen LogP contribution >= 0.6 is 11.6 Å². The molecular weight excluding hydrogens is 210 g/mol. The van der Waals surface area contributed by atoms with Crippen molar-refractivity contribution in [3.05, 3.63) is 17.5 Å². The van der Waals surface area contributed by atoms with E-state index in [4.69, 9.17) is 11.6 Å². The van der Waals surface area contributed by atoms with Crippen LogP contribution in [0.1, 0.15) is 19.3 Å². The third-order valence-corrected chi connectivity index (χ3v) is 3.84. The zero-order valence-corrected chi connectivity index (χ0v) is 9.32. The first-order valence-corrected chi connectivity index (χ1v) is 5.94. The van der Waals surface area contributed by atoms with E-state index in [-0.39, 0.29) is 0 Å². The molecule has 1 saturated carbocycles. The Balaban J connectivity index is 1.79. The van der Waals surface area contributed by atoms with Crippen molar-refractivity contribution in [3.63, 3.8) is 0 Å². The average molecular weight is 224 g/mol. The molecule has 15 heavy (non-hydrogen) atoms. The van der Waals surface area contributed by atoms with Crippen molar-refractivity contribution < 1.29 is 0 Å². The topological polar surface area (TPSA) is 29.0 Å². The standard InChI is InChI=1S/C11H14ClN3/c12-11-13-5-4-10(14-11)15-6-8-2-1-3-9(8)7-15/h4-5,8-9H,1-3,6-7H2/t8-,9+. The molecule has 0 N–H and O–H groups in total. The fourth-order valence-electron chi connectivity index (χ4n) is 2.92. The van der Waals surface area contributed by atoms with Gasteiger partial charge in [-0.15, -0.1) is 0 Å².